The van der Waals surface area contributed by atoms with Crippen molar-refractivity contribution in [3.8, 4) is 6.07 Å². The first-order valence-electron chi connectivity index (χ1n) is 6.64. The molecule has 1 aliphatic carbocycles. The van der Waals surface area contributed by atoms with Gasteiger partial charge in [0.2, 0.25) is 0 Å². The van der Waals surface area contributed by atoms with Crippen molar-refractivity contribution in [1.82, 2.24) is 10.2 Å². The van der Waals surface area contributed by atoms with Crippen LogP contribution < -0.4 is 5.32 Å². The summed E-state index contributed by atoms with van der Waals surface area (Å²) in [6, 6.07) is 3.59. The summed E-state index contributed by atoms with van der Waals surface area (Å²) in [4.78, 5) is 2.39. The maximum atomic E-state index is 9.13. The van der Waals surface area contributed by atoms with Gasteiger partial charge in [0.25, 0.3) is 0 Å². The lowest BCUT2D eigenvalue weighted by atomic mass is 9.84. The van der Waals surface area contributed by atoms with E-state index in [9.17, 15) is 0 Å². The van der Waals surface area contributed by atoms with Crippen LogP contribution in [0.25, 0.3) is 0 Å². The maximum Gasteiger partial charge on any atom is 0.0672 e. The van der Waals surface area contributed by atoms with Gasteiger partial charge in [-0.1, -0.05) is 12.8 Å². The standard InChI is InChI=1S/C13H23N3/c1-16-8-6-12(7-9-16)15-13-5-3-2-4-11(13)10-14/h11-13,15H,2-9H2,1H3. The van der Waals surface area contributed by atoms with E-state index in [0.29, 0.717) is 12.1 Å². The molecule has 1 heterocycles. The highest BCUT2D eigenvalue weighted by Gasteiger charge is 2.27. The van der Waals surface area contributed by atoms with Crippen molar-refractivity contribution in [3.63, 3.8) is 0 Å². The monoisotopic (exact) mass is 221 g/mol. The van der Waals surface area contributed by atoms with Gasteiger partial charge in [-0.3, -0.25) is 0 Å². The van der Waals surface area contributed by atoms with Crippen LogP contribution in [0.5, 0.6) is 0 Å². The lowest BCUT2D eigenvalue weighted by molar-refractivity contribution is 0.201. The minimum atomic E-state index is 0.258. The van der Waals surface area contributed by atoms with Gasteiger partial charge in [0, 0.05) is 12.1 Å². The van der Waals surface area contributed by atoms with E-state index < -0.39 is 0 Å². The van der Waals surface area contributed by atoms with Crippen LogP contribution >= 0.6 is 0 Å². The summed E-state index contributed by atoms with van der Waals surface area (Å²) < 4.78 is 0. The van der Waals surface area contributed by atoms with Crippen LogP contribution in [0.3, 0.4) is 0 Å². The van der Waals surface area contributed by atoms with Crippen molar-refractivity contribution in [2.24, 2.45) is 5.92 Å². The minimum Gasteiger partial charge on any atom is -0.310 e. The Labute approximate surface area is 98.8 Å². The Morgan fingerprint density at radius 2 is 1.81 bits per heavy atom. The number of hydrogen-bond donors (Lipinski definition) is 1. The van der Waals surface area contributed by atoms with Gasteiger partial charge >= 0.3 is 0 Å². The lowest BCUT2D eigenvalue weighted by Crippen LogP contribution is -2.48. The van der Waals surface area contributed by atoms with Crippen LogP contribution in [0.4, 0.5) is 0 Å². The molecule has 0 spiro atoms. The Bertz CT molecular complexity index is 250. The zero-order chi connectivity index (χ0) is 11.4. The average Bonchev–Trinajstić information content (AvgIpc) is 2.33. The Morgan fingerprint density at radius 1 is 1.12 bits per heavy atom. The molecule has 0 aromatic rings. The first kappa shape index (κ1) is 11.9. The lowest BCUT2D eigenvalue weighted by Gasteiger charge is -2.35. The van der Waals surface area contributed by atoms with E-state index in [1.54, 1.807) is 0 Å². The predicted octanol–water partition coefficient (Wildman–Crippen LogP) is 1.75. The highest BCUT2D eigenvalue weighted by Crippen LogP contribution is 2.25. The second-order valence-electron chi connectivity index (χ2n) is 5.37. The predicted molar refractivity (Wildman–Crippen MR) is 65.0 cm³/mol. The van der Waals surface area contributed by atoms with Gasteiger partial charge in [0.15, 0.2) is 0 Å². The summed E-state index contributed by atoms with van der Waals surface area (Å²) >= 11 is 0. The van der Waals surface area contributed by atoms with E-state index in [2.05, 4.69) is 23.3 Å². The Kier molecular flexibility index (Phi) is 4.20. The molecule has 0 bridgehead atoms. The summed E-state index contributed by atoms with van der Waals surface area (Å²) in [6.45, 7) is 2.39. The fraction of sp³-hybridized carbons (Fsp3) is 0.923. The Hall–Kier alpha value is -0.590. The third-order valence-corrected chi connectivity index (χ3v) is 4.10. The summed E-state index contributed by atoms with van der Waals surface area (Å²) in [5.74, 6) is 0.258. The zero-order valence-electron chi connectivity index (χ0n) is 10.3. The maximum absolute atomic E-state index is 9.13. The molecule has 1 aliphatic heterocycles. The second-order valence-corrected chi connectivity index (χ2v) is 5.37. The number of nitriles is 1. The van der Waals surface area contributed by atoms with Crippen molar-refractivity contribution in [2.45, 2.75) is 50.6 Å². The molecule has 3 heteroatoms. The van der Waals surface area contributed by atoms with E-state index in [1.165, 1.54) is 45.2 Å². The molecule has 3 nitrogen and oxygen atoms in total. The molecule has 0 radical (unpaired) electrons. The van der Waals surface area contributed by atoms with Crippen molar-refractivity contribution in [2.75, 3.05) is 20.1 Å². The molecule has 0 aromatic heterocycles. The molecular weight excluding hydrogens is 198 g/mol. The van der Waals surface area contributed by atoms with E-state index >= 15 is 0 Å². The molecule has 2 fully saturated rings. The third kappa shape index (κ3) is 2.96. The molecule has 2 unspecified atom stereocenters. The average molecular weight is 221 g/mol. The fourth-order valence-electron chi connectivity index (χ4n) is 2.96. The van der Waals surface area contributed by atoms with Crippen LogP contribution in [-0.4, -0.2) is 37.1 Å². The number of piperidine rings is 1. The summed E-state index contributed by atoms with van der Waals surface area (Å²) in [7, 11) is 2.19. The number of likely N-dealkylation sites (tertiary alicyclic amines) is 1. The van der Waals surface area contributed by atoms with Gasteiger partial charge in [-0.05, 0) is 45.8 Å². The highest BCUT2D eigenvalue weighted by molar-refractivity contribution is 4.96. The van der Waals surface area contributed by atoms with E-state index in [-0.39, 0.29) is 5.92 Å². The fourth-order valence-corrected chi connectivity index (χ4v) is 2.96. The summed E-state index contributed by atoms with van der Waals surface area (Å²) in [5, 5.41) is 12.9. The van der Waals surface area contributed by atoms with Gasteiger partial charge in [0.1, 0.15) is 0 Å². The molecule has 1 saturated heterocycles. The quantitative estimate of drug-likeness (QED) is 0.772. The normalized spacial score (nSPS) is 33.5. The molecule has 0 amide bonds. The number of rotatable bonds is 2. The third-order valence-electron chi connectivity index (χ3n) is 4.10. The first-order chi connectivity index (χ1) is 7.79. The number of nitrogens with zero attached hydrogens (tertiary/aromatic N) is 2. The number of nitrogens with one attached hydrogen (secondary N) is 1. The van der Waals surface area contributed by atoms with Crippen LogP contribution in [-0.2, 0) is 0 Å². The van der Waals surface area contributed by atoms with Crippen LogP contribution in [0.1, 0.15) is 38.5 Å². The molecule has 2 atom stereocenters. The molecule has 90 valence electrons. The van der Waals surface area contributed by atoms with Gasteiger partial charge in [-0.15, -0.1) is 0 Å². The zero-order valence-corrected chi connectivity index (χ0v) is 10.3. The van der Waals surface area contributed by atoms with Gasteiger partial charge in [0.05, 0.1) is 12.0 Å². The van der Waals surface area contributed by atoms with Gasteiger partial charge in [-0.2, -0.15) is 5.26 Å². The number of hydrogen-bond acceptors (Lipinski definition) is 3. The van der Waals surface area contributed by atoms with E-state index in [1.807, 2.05) is 0 Å². The van der Waals surface area contributed by atoms with Crippen molar-refractivity contribution in [1.29, 1.82) is 5.26 Å². The van der Waals surface area contributed by atoms with Crippen LogP contribution in [0.15, 0.2) is 0 Å². The second kappa shape index (κ2) is 5.65. The SMILES string of the molecule is CN1CCC(NC2CCCCC2C#N)CC1. The molecule has 16 heavy (non-hydrogen) atoms. The van der Waals surface area contributed by atoms with Crippen molar-refractivity contribution >= 4 is 0 Å². The van der Waals surface area contributed by atoms with Crippen LogP contribution in [0, 0.1) is 17.2 Å². The molecule has 0 aromatic carbocycles. The van der Waals surface area contributed by atoms with E-state index in [0.717, 1.165) is 6.42 Å². The summed E-state index contributed by atoms with van der Waals surface area (Å²) in [5.41, 5.74) is 0. The van der Waals surface area contributed by atoms with E-state index in [4.69, 9.17) is 5.26 Å². The Balaban J connectivity index is 1.81. The first-order valence-corrected chi connectivity index (χ1v) is 6.64. The van der Waals surface area contributed by atoms with Crippen molar-refractivity contribution in [3.05, 3.63) is 0 Å². The molecule has 1 saturated carbocycles. The van der Waals surface area contributed by atoms with Gasteiger partial charge in [-0.25, -0.2) is 0 Å². The Morgan fingerprint density at radius 3 is 2.50 bits per heavy atom. The molecule has 1 N–H and O–H groups in total. The highest BCUT2D eigenvalue weighted by atomic mass is 15.1. The largest absolute Gasteiger partial charge is 0.310 e. The molecular formula is C13H23N3. The topological polar surface area (TPSA) is 39.1 Å². The molecule has 2 aliphatic rings. The van der Waals surface area contributed by atoms with Crippen molar-refractivity contribution < 1.29 is 0 Å². The van der Waals surface area contributed by atoms with Crippen LogP contribution in [0.2, 0.25) is 0 Å². The van der Waals surface area contributed by atoms with Gasteiger partial charge < -0.3 is 10.2 Å². The minimum absolute atomic E-state index is 0.258. The smallest absolute Gasteiger partial charge is 0.0672 e. The summed E-state index contributed by atoms with van der Waals surface area (Å²) in [6.07, 6.45) is 7.31. The molecule has 2 rings (SSSR count).